The zero-order valence-corrected chi connectivity index (χ0v) is 12.2. The van der Waals surface area contributed by atoms with Crippen LogP contribution in [0.5, 0.6) is 0 Å². The van der Waals surface area contributed by atoms with Gasteiger partial charge in [-0.3, -0.25) is 4.79 Å². The number of carbonyl (C=O) groups excluding carboxylic acids is 1. The number of aromatic nitrogens is 1. The minimum absolute atomic E-state index is 0.109. The van der Waals surface area contributed by atoms with Gasteiger partial charge in [-0.25, -0.2) is 0 Å². The number of amides is 1. The second-order valence-corrected chi connectivity index (χ2v) is 4.92. The fourth-order valence-corrected chi connectivity index (χ4v) is 2.13. The van der Waals surface area contributed by atoms with Crippen LogP contribution in [-0.2, 0) is 4.74 Å². The molecule has 0 radical (unpaired) electrons. The minimum Gasteiger partial charge on any atom is -0.383 e. The van der Waals surface area contributed by atoms with Crippen molar-refractivity contribution in [2.24, 2.45) is 0 Å². The number of carbonyl (C=O) groups is 1. The van der Waals surface area contributed by atoms with Crippen molar-refractivity contribution in [1.82, 2.24) is 9.88 Å². The van der Waals surface area contributed by atoms with Gasteiger partial charge in [0.05, 0.1) is 17.9 Å². The third kappa shape index (κ3) is 3.45. The summed E-state index contributed by atoms with van der Waals surface area (Å²) in [6.45, 7) is 0.992. The third-order valence-corrected chi connectivity index (χ3v) is 3.17. The molecule has 2 aromatic rings. The smallest absolute Gasteiger partial charge is 0.253 e. The topological polar surface area (TPSA) is 43.3 Å². The van der Waals surface area contributed by atoms with Crippen molar-refractivity contribution in [3.8, 4) is 5.69 Å². The van der Waals surface area contributed by atoms with Crippen molar-refractivity contribution in [2.45, 2.75) is 0 Å². The molecular formula is C14H15BrN2O2. The van der Waals surface area contributed by atoms with Gasteiger partial charge < -0.3 is 14.6 Å². The SMILES string of the molecule is COCCNC(=O)c1cc(Br)ccc1-n1cccc1. The number of methoxy groups -OCH3 is 1. The molecule has 0 bridgehead atoms. The van der Waals surface area contributed by atoms with Gasteiger partial charge in [-0.15, -0.1) is 0 Å². The quantitative estimate of drug-likeness (QED) is 0.860. The monoisotopic (exact) mass is 322 g/mol. The molecule has 19 heavy (non-hydrogen) atoms. The van der Waals surface area contributed by atoms with E-state index in [9.17, 15) is 4.79 Å². The third-order valence-electron chi connectivity index (χ3n) is 2.68. The molecule has 1 aromatic heterocycles. The Hall–Kier alpha value is -1.59. The van der Waals surface area contributed by atoms with E-state index in [1.165, 1.54) is 0 Å². The lowest BCUT2D eigenvalue weighted by Gasteiger charge is -2.11. The average molecular weight is 323 g/mol. The number of benzene rings is 1. The fraction of sp³-hybridized carbons (Fsp3) is 0.214. The van der Waals surface area contributed by atoms with Crippen LogP contribution in [0.3, 0.4) is 0 Å². The van der Waals surface area contributed by atoms with E-state index in [1.54, 1.807) is 7.11 Å². The first kappa shape index (κ1) is 13.8. The molecule has 1 amide bonds. The first-order chi connectivity index (χ1) is 9.22. The zero-order valence-electron chi connectivity index (χ0n) is 10.6. The number of nitrogens with zero attached hydrogens (tertiary/aromatic N) is 1. The van der Waals surface area contributed by atoms with E-state index in [2.05, 4.69) is 21.2 Å². The molecule has 0 unspecified atom stereocenters. The molecule has 2 rings (SSSR count). The van der Waals surface area contributed by atoms with Gasteiger partial charge in [-0.1, -0.05) is 15.9 Å². The number of nitrogens with one attached hydrogen (secondary N) is 1. The van der Waals surface area contributed by atoms with Crippen LogP contribution in [-0.4, -0.2) is 30.7 Å². The Bertz CT molecular complexity index is 553. The number of ether oxygens (including phenoxy) is 1. The molecule has 1 N–H and O–H groups in total. The molecule has 0 fully saturated rings. The van der Waals surface area contributed by atoms with E-state index < -0.39 is 0 Å². The molecular weight excluding hydrogens is 308 g/mol. The van der Waals surface area contributed by atoms with Crippen LogP contribution < -0.4 is 5.32 Å². The van der Waals surface area contributed by atoms with Gasteiger partial charge >= 0.3 is 0 Å². The van der Waals surface area contributed by atoms with Crippen molar-refractivity contribution in [2.75, 3.05) is 20.3 Å². The van der Waals surface area contributed by atoms with Crippen molar-refractivity contribution < 1.29 is 9.53 Å². The Balaban J connectivity index is 2.27. The van der Waals surface area contributed by atoms with Crippen LogP contribution in [0.15, 0.2) is 47.2 Å². The molecule has 100 valence electrons. The van der Waals surface area contributed by atoms with E-state index in [-0.39, 0.29) is 5.91 Å². The molecule has 5 heteroatoms. The first-order valence-corrected chi connectivity index (χ1v) is 6.71. The van der Waals surface area contributed by atoms with E-state index in [0.717, 1.165) is 10.2 Å². The Morgan fingerprint density at radius 2 is 2.11 bits per heavy atom. The molecule has 0 saturated carbocycles. The lowest BCUT2D eigenvalue weighted by molar-refractivity contribution is 0.0937. The summed E-state index contributed by atoms with van der Waals surface area (Å²) in [6.07, 6.45) is 3.82. The molecule has 0 aliphatic rings. The number of halogens is 1. The minimum atomic E-state index is -0.109. The van der Waals surface area contributed by atoms with E-state index in [4.69, 9.17) is 4.74 Å². The molecule has 1 heterocycles. The van der Waals surface area contributed by atoms with Gasteiger partial charge in [0.2, 0.25) is 0 Å². The number of hydrogen-bond donors (Lipinski definition) is 1. The summed E-state index contributed by atoms with van der Waals surface area (Å²) in [5, 5.41) is 2.83. The van der Waals surface area contributed by atoms with Crippen LogP contribution in [0.2, 0.25) is 0 Å². The molecule has 0 atom stereocenters. The second kappa shape index (κ2) is 6.54. The fourth-order valence-electron chi connectivity index (χ4n) is 1.77. The van der Waals surface area contributed by atoms with E-state index in [1.807, 2.05) is 47.3 Å². The molecule has 1 aromatic carbocycles. The highest BCUT2D eigenvalue weighted by atomic mass is 79.9. The van der Waals surface area contributed by atoms with Crippen molar-refractivity contribution >= 4 is 21.8 Å². The zero-order chi connectivity index (χ0) is 13.7. The van der Waals surface area contributed by atoms with Crippen molar-refractivity contribution in [1.29, 1.82) is 0 Å². The van der Waals surface area contributed by atoms with Gasteiger partial charge in [-0.05, 0) is 30.3 Å². The maximum Gasteiger partial charge on any atom is 0.253 e. The Labute approximate surface area is 120 Å². The van der Waals surface area contributed by atoms with Crippen LogP contribution in [0.25, 0.3) is 5.69 Å². The van der Waals surface area contributed by atoms with Gasteiger partial charge in [0.15, 0.2) is 0 Å². The van der Waals surface area contributed by atoms with Crippen LogP contribution in [0.4, 0.5) is 0 Å². The lowest BCUT2D eigenvalue weighted by atomic mass is 10.1. The van der Waals surface area contributed by atoms with Crippen LogP contribution >= 0.6 is 15.9 Å². The predicted octanol–water partition coefficient (Wildman–Crippen LogP) is 2.62. The van der Waals surface area contributed by atoms with Gasteiger partial charge in [-0.2, -0.15) is 0 Å². The number of hydrogen-bond acceptors (Lipinski definition) is 2. The summed E-state index contributed by atoms with van der Waals surface area (Å²) in [7, 11) is 1.61. The van der Waals surface area contributed by atoms with Crippen molar-refractivity contribution in [3.63, 3.8) is 0 Å². The largest absolute Gasteiger partial charge is 0.383 e. The van der Waals surface area contributed by atoms with Crippen molar-refractivity contribution in [3.05, 3.63) is 52.8 Å². The van der Waals surface area contributed by atoms with Gasteiger partial charge in [0, 0.05) is 30.5 Å². The van der Waals surface area contributed by atoms with E-state index in [0.29, 0.717) is 18.7 Å². The molecule has 0 aliphatic heterocycles. The molecule has 0 saturated heterocycles. The maximum absolute atomic E-state index is 12.2. The Morgan fingerprint density at radius 3 is 2.79 bits per heavy atom. The summed E-state index contributed by atoms with van der Waals surface area (Å²) in [5.41, 5.74) is 1.48. The summed E-state index contributed by atoms with van der Waals surface area (Å²) in [4.78, 5) is 12.2. The Morgan fingerprint density at radius 1 is 1.37 bits per heavy atom. The highest BCUT2D eigenvalue weighted by molar-refractivity contribution is 9.10. The predicted molar refractivity (Wildman–Crippen MR) is 77.7 cm³/mol. The Kier molecular flexibility index (Phi) is 4.76. The standard InChI is InChI=1S/C14H15BrN2O2/c1-19-9-6-16-14(18)12-10-11(15)4-5-13(12)17-7-2-3-8-17/h2-5,7-8,10H,6,9H2,1H3,(H,16,18). The van der Waals surface area contributed by atoms with Gasteiger partial charge in [0.25, 0.3) is 5.91 Å². The molecule has 4 nitrogen and oxygen atoms in total. The van der Waals surface area contributed by atoms with Crippen LogP contribution in [0.1, 0.15) is 10.4 Å². The number of rotatable bonds is 5. The highest BCUT2D eigenvalue weighted by Crippen LogP contribution is 2.20. The highest BCUT2D eigenvalue weighted by Gasteiger charge is 2.12. The molecule has 0 spiro atoms. The normalized spacial score (nSPS) is 10.4. The summed E-state index contributed by atoms with van der Waals surface area (Å²) < 4.78 is 7.71. The van der Waals surface area contributed by atoms with E-state index >= 15 is 0 Å². The maximum atomic E-state index is 12.2. The summed E-state index contributed by atoms with van der Waals surface area (Å²) in [5.74, 6) is -0.109. The lowest BCUT2D eigenvalue weighted by Crippen LogP contribution is -2.27. The molecule has 0 aliphatic carbocycles. The first-order valence-electron chi connectivity index (χ1n) is 5.92. The van der Waals surface area contributed by atoms with Crippen LogP contribution in [0, 0.1) is 0 Å². The summed E-state index contributed by atoms with van der Waals surface area (Å²) >= 11 is 3.40. The average Bonchev–Trinajstić information content (AvgIpc) is 2.92. The second-order valence-electron chi connectivity index (χ2n) is 4.00. The van der Waals surface area contributed by atoms with Gasteiger partial charge in [0.1, 0.15) is 0 Å². The summed E-state index contributed by atoms with van der Waals surface area (Å²) in [6, 6.07) is 9.50.